The lowest BCUT2D eigenvalue weighted by molar-refractivity contribution is -0.117. The van der Waals surface area contributed by atoms with Gasteiger partial charge in [0.05, 0.1) is 47.3 Å². The predicted molar refractivity (Wildman–Crippen MR) is 114 cm³/mol. The number of hydrogen-bond acceptors (Lipinski definition) is 8. The Morgan fingerprint density at radius 1 is 1.19 bits per heavy atom. The van der Waals surface area contributed by atoms with Crippen molar-refractivity contribution < 1.29 is 28.6 Å². The van der Waals surface area contributed by atoms with Gasteiger partial charge in [-0.1, -0.05) is 0 Å². The molecule has 0 saturated carbocycles. The average molecular weight is 440 g/mol. The van der Waals surface area contributed by atoms with Crippen LogP contribution in [-0.4, -0.2) is 36.0 Å². The van der Waals surface area contributed by atoms with Gasteiger partial charge in [-0.05, 0) is 26.0 Å². The number of nitrogens with zero attached hydrogens (tertiary/aromatic N) is 2. The number of aromatic nitrogens is 1. The summed E-state index contributed by atoms with van der Waals surface area (Å²) in [6.07, 6.45) is 1.45. The fourth-order valence-electron chi connectivity index (χ4n) is 3.62. The quantitative estimate of drug-likeness (QED) is 0.575. The molecule has 1 aliphatic rings. The predicted octanol–water partition coefficient (Wildman–Crippen LogP) is 4.15. The number of ether oxygens (including phenoxy) is 2. The number of aliphatic hydroxyl groups excluding tert-OH is 1. The van der Waals surface area contributed by atoms with E-state index in [2.05, 4.69) is 4.98 Å². The Bertz CT molecular complexity index is 1170. The summed E-state index contributed by atoms with van der Waals surface area (Å²) in [6, 6.07) is 7.25. The Labute approximate surface area is 182 Å². The molecule has 0 aliphatic carbocycles. The highest BCUT2D eigenvalue weighted by Crippen LogP contribution is 2.44. The summed E-state index contributed by atoms with van der Waals surface area (Å²) in [4.78, 5) is 32.6. The number of furan rings is 1. The number of carbonyl (C=O) groups is 2. The van der Waals surface area contributed by atoms with Gasteiger partial charge in [-0.15, -0.1) is 11.3 Å². The summed E-state index contributed by atoms with van der Waals surface area (Å²) in [7, 11) is 2.99. The lowest BCUT2D eigenvalue weighted by atomic mass is 9.99. The first-order chi connectivity index (χ1) is 14.8. The number of aliphatic hydroxyl groups is 1. The van der Waals surface area contributed by atoms with Crippen LogP contribution in [0.1, 0.15) is 32.2 Å². The number of Topliss-reactive ketones (excluding diaryl/α,β-unsaturated/α-hetero) is 1. The van der Waals surface area contributed by atoms with Crippen molar-refractivity contribution >= 4 is 28.7 Å². The maximum Gasteiger partial charge on any atom is 0.294 e. The molecule has 1 unspecified atom stereocenters. The Morgan fingerprint density at radius 2 is 1.87 bits per heavy atom. The first-order valence-electron chi connectivity index (χ1n) is 9.37. The molecule has 0 spiro atoms. The highest BCUT2D eigenvalue weighted by Gasteiger charge is 2.47. The number of ketones is 1. The molecule has 1 atom stereocenters. The maximum absolute atomic E-state index is 13.4. The van der Waals surface area contributed by atoms with Gasteiger partial charge in [0.25, 0.3) is 5.91 Å². The molecule has 0 bridgehead atoms. The van der Waals surface area contributed by atoms with E-state index in [-0.39, 0.29) is 5.57 Å². The van der Waals surface area contributed by atoms with Gasteiger partial charge in [0.15, 0.2) is 5.76 Å². The minimum absolute atomic E-state index is 0.0616. The third kappa shape index (κ3) is 3.46. The zero-order chi connectivity index (χ0) is 22.3. The molecule has 1 aromatic carbocycles. The molecule has 3 heterocycles. The molecule has 0 radical (unpaired) electrons. The van der Waals surface area contributed by atoms with Crippen LogP contribution in [0.2, 0.25) is 0 Å². The van der Waals surface area contributed by atoms with Crippen LogP contribution < -0.4 is 14.4 Å². The summed E-state index contributed by atoms with van der Waals surface area (Å²) in [5.74, 6) is -0.575. The maximum atomic E-state index is 13.4. The number of hydrogen-bond donors (Lipinski definition) is 1. The Balaban J connectivity index is 1.88. The monoisotopic (exact) mass is 440 g/mol. The number of amides is 1. The van der Waals surface area contributed by atoms with Crippen molar-refractivity contribution in [2.24, 2.45) is 0 Å². The number of aryl methyl sites for hydroxylation is 2. The average Bonchev–Trinajstić information content (AvgIpc) is 3.46. The van der Waals surface area contributed by atoms with Gasteiger partial charge >= 0.3 is 0 Å². The summed E-state index contributed by atoms with van der Waals surface area (Å²) in [5, 5.41) is 11.5. The third-order valence-corrected chi connectivity index (χ3v) is 6.06. The van der Waals surface area contributed by atoms with Crippen LogP contribution in [0, 0.1) is 13.8 Å². The van der Waals surface area contributed by atoms with Crippen LogP contribution in [-0.2, 0) is 4.79 Å². The van der Waals surface area contributed by atoms with Gasteiger partial charge in [0, 0.05) is 18.2 Å². The molecular weight excluding hydrogens is 420 g/mol. The van der Waals surface area contributed by atoms with Crippen molar-refractivity contribution in [3.8, 4) is 11.5 Å². The van der Waals surface area contributed by atoms with Gasteiger partial charge in [-0.2, -0.15) is 0 Å². The second-order valence-electron chi connectivity index (χ2n) is 6.90. The van der Waals surface area contributed by atoms with E-state index in [0.717, 1.165) is 0 Å². The molecule has 4 rings (SSSR count). The topological polar surface area (TPSA) is 102 Å². The zero-order valence-electron chi connectivity index (χ0n) is 17.3. The lowest BCUT2D eigenvalue weighted by Gasteiger charge is -2.25. The Kier molecular flexibility index (Phi) is 5.28. The van der Waals surface area contributed by atoms with Gasteiger partial charge in [-0.3, -0.25) is 14.5 Å². The van der Waals surface area contributed by atoms with Crippen LogP contribution in [0.15, 0.2) is 52.3 Å². The molecule has 1 aliphatic heterocycles. The van der Waals surface area contributed by atoms with Crippen LogP contribution >= 0.6 is 11.3 Å². The molecule has 0 fully saturated rings. The summed E-state index contributed by atoms with van der Waals surface area (Å²) in [5.41, 5.74) is 0.864. The third-order valence-electron chi connectivity index (χ3n) is 4.99. The van der Waals surface area contributed by atoms with E-state index in [4.69, 9.17) is 13.9 Å². The highest BCUT2D eigenvalue weighted by molar-refractivity contribution is 7.14. The minimum atomic E-state index is -0.964. The van der Waals surface area contributed by atoms with Gasteiger partial charge in [0.2, 0.25) is 5.78 Å². The number of benzene rings is 1. The lowest BCUT2D eigenvalue weighted by Crippen LogP contribution is -2.30. The number of carbonyl (C=O) groups excluding carboxylic acids is 2. The van der Waals surface area contributed by atoms with Crippen LogP contribution in [0.25, 0.3) is 0 Å². The molecule has 0 saturated heterocycles. The number of thiazole rings is 1. The van der Waals surface area contributed by atoms with E-state index in [9.17, 15) is 14.7 Å². The highest BCUT2D eigenvalue weighted by atomic mass is 32.1. The van der Waals surface area contributed by atoms with Gasteiger partial charge in [0.1, 0.15) is 23.3 Å². The summed E-state index contributed by atoms with van der Waals surface area (Å²) in [6.45, 7) is 3.51. The molecular formula is C22H20N2O6S. The first-order valence-corrected chi connectivity index (χ1v) is 10.2. The largest absolute Gasteiger partial charge is 0.503 e. The molecule has 8 nitrogen and oxygen atoms in total. The second-order valence-corrected chi connectivity index (χ2v) is 8.11. The standard InChI is InChI=1S/C22H20N2O6S/c1-11-21(31-12(2)23-11)19(25)17-18(16-6-5-7-30-16)24(22(27)20(17)26)13-8-14(28-3)10-15(9-13)29-4/h5-10,18,26H,1-4H3. The fraction of sp³-hybridized carbons (Fsp3) is 0.227. The fourth-order valence-corrected chi connectivity index (χ4v) is 4.49. The van der Waals surface area contributed by atoms with E-state index >= 15 is 0 Å². The zero-order valence-corrected chi connectivity index (χ0v) is 18.1. The van der Waals surface area contributed by atoms with E-state index in [1.807, 2.05) is 0 Å². The SMILES string of the molecule is COc1cc(OC)cc(N2C(=O)C(O)=C(C(=O)c3sc(C)nc3C)C2c2ccco2)c1. The van der Waals surface area contributed by atoms with Crippen molar-refractivity contribution in [2.75, 3.05) is 19.1 Å². The van der Waals surface area contributed by atoms with Crippen LogP contribution in [0.3, 0.4) is 0 Å². The van der Waals surface area contributed by atoms with Gasteiger partial charge < -0.3 is 19.0 Å². The molecule has 9 heteroatoms. The first kappa shape index (κ1) is 20.7. The molecule has 1 amide bonds. The van der Waals surface area contributed by atoms with Crippen molar-refractivity contribution in [1.29, 1.82) is 0 Å². The van der Waals surface area contributed by atoms with Crippen LogP contribution in [0.4, 0.5) is 5.69 Å². The number of anilines is 1. The molecule has 1 N–H and O–H groups in total. The van der Waals surface area contributed by atoms with E-state index < -0.39 is 23.5 Å². The Hall–Kier alpha value is -3.59. The van der Waals surface area contributed by atoms with E-state index in [1.165, 1.54) is 36.7 Å². The molecule has 31 heavy (non-hydrogen) atoms. The van der Waals surface area contributed by atoms with Crippen molar-refractivity contribution in [3.05, 3.63) is 69.3 Å². The molecule has 160 valence electrons. The van der Waals surface area contributed by atoms with E-state index in [0.29, 0.717) is 38.5 Å². The smallest absolute Gasteiger partial charge is 0.294 e. The molecule has 3 aromatic rings. The summed E-state index contributed by atoms with van der Waals surface area (Å²) < 4.78 is 16.2. The number of methoxy groups -OCH3 is 2. The second kappa shape index (κ2) is 7.92. The van der Waals surface area contributed by atoms with Crippen molar-refractivity contribution in [3.63, 3.8) is 0 Å². The normalized spacial score (nSPS) is 16.2. The number of rotatable bonds is 6. The van der Waals surface area contributed by atoms with Gasteiger partial charge in [-0.25, -0.2) is 4.98 Å². The van der Waals surface area contributed by atoms with E-state index in [1.54, 1.807) is 44.2 Å². The minimum Gasteiger partial charge on any atom is -0.503 e. The summed E-state index contributed by atoms with van der Waals surface area (Å²) >= 11 is 1.21. The van der Waals surface area contributed by atoms with Crippen LogP contribution in [0.5, 0.6) is 11.5 Å². The van der Waals surface area contributed by atoms with Crippen molar-refractivity contribution in [1.82, 2.24) is 4.98 Å². The molecule has 2 aromatic heterocycles. The Morgan fingerprint density at radius 3 is 2.39 bits per heavy atom. The van der Waals surface area contributed by atoms with Crippen molar-refractivity contribution in [2.45, 2.75) is 19.9 Å².